The first-order chi connectivity index (χ1) is 7.34. The van der Waals surface area contributed by atoms with Crippen LogP contribution in [0.25, 0.3) is 5.65 Å². The van der Waals surface area contributed by atoms with E-state index in [1.807, 2.05) is 29.2 Å². The van der Waals surface area contributed by atoms with Gasteiger partial charge in [-0.05, 0) is 12.3 Å². The van der Waals surface area contributed by atoms with E-state index in [4.69, 9.17) is 0 Å². The zero-order chi connectivity index (χ0) is 10.3. The molecule has 0 N–H and O–H groups in total. The topological polar surface area (TPSA) is 33.4 Å². The van der Waals surface area contributed by atoms with Crippen LogP contribution in [0.3, 0.4) is 0 Å². The summed E-state index contributed by atoms with van der Waals surface area (Å²) >= 11 is 0. The van der Waals surface area contributed by atoms with Crippen molar-refractivity contribution in [3.8, 4) is 0 Å². The predicted molar refractivity (Wildman–Crippen MR) is 59.0 cm³/mol. The Morgan fingerprint density at radius 3 is 2.80 bits per heavy atom. The molecule has 15 heavy (non-hydrogen) atoms. The zero-order valence-electron chi connectivity index (χ0n) is 8.80. The molecule has 1 fully saturated rings. The summed E-state index contributed by atoms with van der Waals surface area (Å²) in [5, 5.41) is 0. The van der Waals surface area contributed by atoms with Crippen molar-refractivity contribution in [3.63, 3.8) is 0 Å². The lowest BCUT2D eigenvalue weighted by Gasteiger charge is -2.16. The smallest absolute Gasteiger partial charge is 0.180 e. The maximum absolute atomic E-state index is 4.44. The Balaban J connectivity index is 2.06. The first-order valence-electron chi connectivity index (χ1n) is 5.37. The number of imidazole rings is 1. The third-order valence-corrected chi connectivity index (χ3v) is 3.02. The number of hydrogen-bond acceptors (Lipinski definition) is 3. The summed E-state index contributed by atoms with van der Waals surface area (Å²) in [6, 6.07) is 0. The van der Waals surface area contributed by atoms with Crippen LogP contribution in [0.15, 0.2) is 24.8 Å². The van der Waals surface area contributed by atoms with Gasteiger partial charge in [0.15, 0.2) is 11.5 Å². The molecule has 3 heterocycles. The average molecular weight is 202 g/mol. The highest BCUT2D eigenvalue weighted by Crippen LogP contribution is 2.24. The molecule has 4 heteroatoms. The van der Waals surface area contributed by atoms with Crippen molar-refractivity contribution in [1.29, 1.82) is 0 Å². The van der Waals surface area contributed by atoms with Gasteiger partial charge in [-0.25, -0.2) is 9.97 Å². The number of aromatic nitrogens is 3. The van der Waals surface area contributed by atoms with Crippen LogP contribution in [0.2, 0.25) is 0 Å². The minimum Gasteiger partial charge on any atom is -0.353 e. The third kappa shape index (κ3) is 1.37. The van der Waals surface area contributed by atoms with Gasteiger partial charge in [0, 0.05) is 37.9 Å². The fourth-order valence-electron chi connectivity index (χ4n) is 2.19. The molecule has 78 valence electrons. The second-order valence-electron chi connectivity index (χ2n) is 4.25. The van der Waals surface area contributed by atoms with Gasteiger partial charge in [-0.1, -0.05) is 6.92 Å². The quantitative estimate of drug-likeness (QED) is 0.704. The van der Waals surface area contributed by atoms with Crippen molar-refractivity contribution in [2.75, 3.05) is 18.0 Å². The number of fused-ring (bicyclic) bond motifs is 1. The molecular weight excluding hydrogens is 188 g/mol. The van der Waals surface area contributed by atoms with Gasteiger partial charge in [-0.3, -0.25) is 0 Å². The van der Waals surface area contributed by atoms with Gasteiger partial charge in [0.25, 0.3) is 0 Å². The number of anilines is 1. The normalized spacial score (nSPS) is 21.4. The minimum absolute atomic E-state index is 0.766. The molecule has 0 spiro atoms. The summed E-state index contributed by atoms with van der Waals surface area (Å²) in [4.78, 5) is 11.1. The summed E-state index contributed by atoms with van der Waals surface area (Å²) in [6.07, 6.45) is 8.81. The fourth-order valence-corrected chi connectivity index (χ4v) is 2.19. The van der Waals surface area contributed by atoms with Crippen molar-refractivity contribution in [3.05, 3.63) is 24.8 Å². The summed E-state index contributed by atoms with van der Waals surface area (Å²) in [5.41, 5.74) is 0.964. The Hall–Kier alpha value is -1.58. The molecule has 0 radical (unpaired) electrons. The summed E-state index contributed by atoms with van der Waals surface area (Å²) in [5.74, 6) is 1.79. The molecule has 0 aromatic carbocycles. The van der Waals surface area contributed by atoms with Crippen LogP contribution in [0.1, 0.15) is 13.3 Å². The average Bonchev–Trinajstić information content (AvgIpc) is 2.84. The summed E-state index contributed by atoms with van der Waals surface area (Å²) < 4.78 is 2.02. The van der Waals surface area contributed by atoms with Crippen LogP contribution in [0.5, 0.6) is 0 Å². The Morgan fingerprint density at radius 2 is 2.07 bits per heavy atom. The van der Waals surface area contributed by atoms with Gasteiger partial charge in [0.2, 0.25) is 0 Å². The monoisotopic (exact) mass is 202 g/mol. The number of hydrogen-bond donors (Lipinski definition) is 0. The Morgan fingerprint density at radius 1 is 1.27 bits per heavy atom. The molecule has 2 aromatic heterocycles. The van der Waals surface area contributed by atoms with E-state index in [0.717, 1.165) is 30.5 Å². The highest BCUT2D eigenvalue weighted by atomic mass is 15.2. The summed E-state index contributed by atoms with van der Waals surface area (Å²) in [7, 11) is 0. The molecule has 1 aliphatic heterocycles. The molecule has 4 nitrogen and oxygen atoms in total. The molecule has 1 unspecified atom stereocenters. The highest BCUT2D eigenvalue weighted by molar-refractivity contribution is 5.64. The van der Waals surface area contributed by atoms with Gasteiger partial charge < -0.3 is 9.30 Å². The molecule has 0 amide bonds. The van der Waals surface area contributed by atoms with Gasteiger partial charge in [-0.15, -0.1) is 0 Å². The van der Waals surface area contributed by atoms with Crippen LogP contribution in [-0.4, -0.2) is 27.5 Å². The maximum Gasteiger partial charge on any atom is 0.180 e. The summed E-state index contributed by atoms with van der Waals surface area (Å²) in [6.45, 7) is 4.48. The van der Waals surface area contributed by atoms with Crippen LogP contribution in [0.4, 0.5) is 5.82 Å². The Kier molecular flexibility index (Phi) is 1.87. The second-order valence-corrected chi connectivity index (χ2v) is 4.25. The molecular formula is C11H14N4. The van der Waals surface area contributed by atoms with Crippen LogP contribution in [0, 0.1) is 5.92 Å². The van der Waals surface area contributed by atoms with E-state index in [-0.39, 0.29) is 0 Å². The molecule has 2 aromatic rings. The molecule has 0 bridgehead atoms. The predicted octanol–water partition coefficient (Wildman–Crippen LogP) is 1.58. The van der Waals surface area contributed by atoms with Crippen LogP contribution in [-0.2, 0) is 0 Å². The van der Waals surface area contributed by atoms with Gasteiger partial charge in [0.05, 0.1) is 0 Å². The van der Waals surface area contributed by atoms with Crippen LogP contribution >= 0.6 is 0 Å². The van der Waals surface area contributed by atoms with Crippen molar-refractivity contribution < 1.29 is 0 Å². The first kappa shape index (κ1) is 8.71. The number of rotatable bonds is 1. The van der Waals surface area contributed by atoms with E-state index >= 15 is 0 Å². The lowest BCUT2D eigenvalue weighted by atomic mass is 10.2. The molecule has 0 aliphatic carbocycles. The van der Waals surface area contributed by atoms with E-state index in [1.54, 1.807) is 0 Å². The number of nitrogens with zero attached hydrogens (tertiary/aromatic N) is 4. The van der Waals surface area contributed by atoms with Crippen molar-refractivity contribution in [2.45, 2.75) is 13.3 Å². The van der Waals surface area contributed by atoms with Gasteiger partial charge in [0.1, 0.15) is 0 Å². The zero-order valence-corrected chi connectivity index (χ0v) is 8.80. The lowest BCUT2D eigenvalue weighted by molar-refractivity contribution is 0.659. The van der Waals surface area contributed by atoms with E-state index in [0.29, 0.717) is 0 Å². The maximum atomic E-state index is 4.44. The molecule has 1 saturated heterocycles. The largest absolute Gasteiger partial charge is 0.353 e. The standard InChI is InChI=1S/C11H14N4/c1-9-2-5-15(8-9)11-10-12-3-6-14(10)7-4-13-11/h3-4,6-7,9H,2,5,8H2,1H3. The third-order valence-electron chi connectivity index (χ3n) is 3.02. The van der Waals surface area contributed by atoms with E-state index in [2.05, 4.69) is 21.8 Å². The van der Waals surface area contributed by atoms with Crippen molar-refractivity contribution >= 4 is 11.5 Å². The van der Waals surface area contributed by atoms with Crippen molar-refractivity contribution in [2.24, 2.45) is 5.92 Å². The molecule has 1 atom stereocenters. The van der Waals surface area contributed by atoms with Gasteiger partial charge in [-0.2, -0.15) is 0 Å². The Labute approximate surface area is 88.6 Å². The van der Waals surface area contributed by atoms with E-state index in [9.17, 15) is 0 Å². The molecule has 1 aliphatic rings. The fraction of sp³-hybridized carbons (Fsp3) is 0.455. The molecule has 3 rings (SSSR count). The SMILES string of the molecule is CC1CCN(c2nccn3ccnc23)C1. The van der Waals surface area contributed by atoms with E-state index < -0.39 is 0 Å². The first-order valence-corrected chi connectivity index (χ1v) is 5.37. The van der Waals surface area contributed by atoms with Crippen LogP contribution < -0.4 is 4.90 Å². The van der Waals surface area contributed by atoms with E-state index in [1.165, 1.54) is 6.42 Å². The van der Waals surface area contributed by atoms with Crippen molar-refractivity contribution in [1.82, 2.24) is 14.4 Å². The second kappa shape index (κ2) is 3.22. The lowest BCUT2D eigenvalue weighted by Crippen LogP contribution is -2.21. The minimum atomic E-state index is 0.766. The molecule has 0 saturated carbocycles. The van der Waals surface area contributed by atoms with Gasteiger partial charge >= 0.3 is 0 Å². The Bertz CT molecular complexity index is 476. The highest BCUT2D eigenvalue weighted by Gasteiger charge is 2.21.